The van der Waals surface area contributed by atoms with Crippen LogP contribution < -0.4 is 14.0 Å². The van der Waals surface area contributed by atoms with Crippen LogP contribution in [0.5, 0.6) is 0 Å². The highest BCUT2D eigenvalue weighted by Gasteiger charge is 2.00. The lowest BCUT2D eigenvalue weighted by atomic mass is 9.98. The zero-order valence-corrected chi connectivity index (χ0v) is 9.36. The van der Waals surface area contributed by atoms with E-state index in [0.717, 1.165) is 19.3 Å². The molecule has 0 fully saturated rings. The molecule has 15 heavy (non-hydrogen) atoms. The zero-order chi connectivity index (χ0) is 12.3. The second kappa shape index (κ2) is 9.89. The quantitative estimate of drug-likeness (QED) is 0.612. The average Bonchev–Trinajstić information content (AvgIpc) is 2.02. The fourth-order valence-corrected chi connectivity index (χ4v) is 0.996. The van der Waals surface area contributed by atoms with Crippen molar-refractivity contribution in [3.63, 3.8) is 0 Å². The third kappa shape index (κ3) is 24.7. The number of halogens is 1. The third-order valence-electron chi connectivity index (χ3n) is 1.50. The fraction of sp³-hybridized carbons (Fsp3) is 0.400. The van der Waals surface area contributed by atoms with Crippen molar-refractivity contribution in [3.05, 3.63) is 38.0 Å². The molecule has 0 aliphatic rings. The van der Waals surface area contributed by atoms with E-state index >= 15 is 0 Å². The standard InChI is InChI=1S/C10H16.ClHO4/c1-4-7-10(8-5-2)9-6-3;2-1(3,4)5/h4-6,10H,1-3,7-9H2;(H,2,3,4,5). The third-order valence-corrected chi connectivity index (χ3v) is 1.50. The van der Waals surface area contributed by atoms with Crippen molar-refractivity contribution >= 4 is 0 Å². The Labute approximate surface area is 92.6 Å². The van der Waals surface area contributed by atoms with E-state index in [1.807, 2.05) is 18.2 Å². The molecule has 88 valence electrons. The minimum atomic E-state index is -4.69. The molecule has 4 nitrogen and oxygen atoms in total. The molecular formula is C10H17ClO4. The predicted molar refractivity (Wildman–Crippen MR) is 50.2 cm³/mol. The van der Waals surface area contributed by atoms with E-state index in [4.69, 9.17) is 18.6 Å². The maximum atomic E-state index is 8.60. The molecule has 0 heterocycles. The lowest BCUT2D eigenvalue weighted by molar-refractivity contribution is -1.92. The van der Waals surface area contributed by atoms with Crippen molar-refractivity contribution in [3.8, 4) is 0 Å². The summed E-state index contributed by atoms with van der Waals surface area (Å²) >= 11 is 0. The van der Waals surface area contributed by atoms with Gasteiger partial charge in [0, 0.05) is 0 Å². The summed E-state index contributed by atoms with van der Waals surface area (Å²) < 4.78 is 32.7. The van der Waals surface area contributed by atoms with Crippen LogP contribution in [0.2, 0.25) is 0 Å². The van der Waals surface area contributed by atoms with Crippen LogP contribution >= 0.6 is 0 Å². The van der Waals surface area contributed by atoms with E-state index < -0.39 is 10.2 Å². The Balaban J connectivity index is 0. The van der Waals surface area contributed by atoms with Gasteiger partial charge in [-0.25, -0.2) is 0 Å². The summed E-state index contributed by atoms with van der Waals surface area (Å²) in [5, 5.41) is 0. The van der Waals surface area contributed by atoms with E-state index in [0.29, 0.717) is 5.92 Å². The van der Waals surface area contributed by atoms with Gasteiger partial charge in [-0.15, -0.1) is 19.7 Å². The lowest BCUT2D eigenvalue weighted by Crippen LogP contribution is -2.58. The first-order valence-corrected chi connectivity index (χ1v) is 5.57. The molecule has 0 saturated heterocycles. The van der Waals surface area contributed by atoms with E-state index in [1.54, 1.807) is 0 Å². The van der Waals surface area contributed by atoms with Crippen LogP contribution in [0.25, 0.3) is 0 Å². The van der Waals surface area contributed by atoms with Gasteiger partial charge < -0.3 is 0 Å². The van der Waals surface area contributed by atoms with Gasteiger partial charge in [0.05, 0.1) is 14.9 Å². The van der Waals surface area contributed by atoms with Gasteiger partial charge in [-0.05, 0) is 25.2 Å². The maximum absolute atomic E-state index is 8.60. The summed E-state index contributed by atoms with van der Waals surface area (Å²) in [6, 6.07) is 0. The summed E-state index contributed by atoms with van der Waals surface area (Å²) in [6.45, 7) is 11.1. The second-order valence-electron chi connectivity index (χ2n) is 2.84. The SMILES string of the molecule is C=CCC(CC=C)CC=C.[O-][Cl+3]([O-])([O-])O. The summed E-state index contributed by atoms with van der Waals surface area (Å²) in [6.07, 6.45) is 9.07. The molecule has 0 aromatic rings. The highest BCUT2D eigenvalue weighted by atomic mass is 35.7. The van der Waals surface area contributed by atoms with Gasteiger partial charge >= 0.3 is 0 Å². The summed E-state index contributed by atoms with van der Waals surface area (Å²) in [5.74, 6) is 0.674. The van der Waals surface area contributed by atoms with Crippen LogP contribution in [-0.4, -0.2) is 4.66 Å². The average molecular weight is 237 g/mol. The lowest BCUT2D eigenvalue weighted by Gasteiger charge is -2.08. The van der Waals surface area contributed by atoms with Crippen molar-refractivity contribution in [2.75, 3.05) is 0 Å². The van der Waals surface area contributed by atoms with Crippen LogP contribution in [0, 0.1) is 16.2 Å². The van der Waals surface area contributed by atoms with Crippen LogP contribution in [0.1, 0.15) is 19.3 Å². The van der Waals surface area contributed by atoms with Crippen LogP contribution in [0.15, 0.2) is 38.0 Å². The van der Waals surface area contributed by atoms with Crippen molar-refractivity contribution in [2.45, 2.75) is 19.3 Å². The molecule has 1 N–H and O–H groups in total. The Morgan fingerprint density at radius 2 is 1.13 bits per heavy atom. The van der Waals surface area contributed by atoms with Crippen molar-refractivity contribution in [1.29, 1.82) is 0 Å². The minimum absolute atomic E-state index is 0.674. The van der Waals surface area contributed by atoms with E-state index in [2.05, 4.69) is 19.7 Å². The zero-order valence-electron chi connectivity index (χ0n) is 8.60. The Kier molecular flexibility index (Phi) is 11.1. The molecule has 0 aliphatic carbocycles. The predicted octanol–water partition coefficient (Wildman–Crippen LogP) is -0.793. The van der Waals surface area contributed by atoms with E-state index in [-0.39, 0.29) is 0 Å². The first-order chi connectivity index (χ1) is 6.85. The molecule has 0 atom stereocenters. The van der Waals surface area contributed by atoms with Crippen molar-refractivity contribution in [1.82, 2.24) is 0 Å². The Hall–Kier alpha value is -0.650. The molecule has 0 spiro atoms. The molecule has 0 unspecified atom stereocenters. The Bertz CT molecular complexity index is 157. The van der Waals surface area contributed by atoms with Gasteiger partial charge in [0.1, 0.15) is 0 Å². The van der Waals surface area contributed by atoms with E-state index in [9.17, 15) is 0 Å². The van der Waals surface area contributed by atoms with Gasteiger partial charge in [0.15, 0.2) is 0 Å². The van der Waals surface area contributed by atoms with Gasteiger partial charge in [0.25, 0.3) is 0 Å². The van der Waals surface area contributed by atoms with Crippen LogP contribution in [0.3, 0.4) is 0 Å². The molecule has 0 rings (SSSR count). The number of hydrogen-bond acceptors (Lipinski definition) is 4. The molecule has 0 aromatic heterocycles. The second-order valence-corrected chi connectivity index (χ2v) is 3.63. The normalized spacial score (nSPS) is 10.2. The van der Waals surface area contributed by atoms with Gasteiger partial charge in [0.2, 0.25) is 0 Å². The minimum Gasteiger partial charge on any atom is -0.183 e. The number of allylic oxidation sites excluding steroid dienone is 3. The molecule has 0 saturated carbocycles. The topological polar surface area (TPSA) is 89.4 Å². The number of hydrogen-bond donors (Lipinski definition) is 1. The van der Waals surface area contributed by atoms with Crippen molar-refractivity contribution in [2.24, 2.45) is 5.92 Å². The highest BCUT2D eigenvalue weighted by Crippen LogP contribution is 2.14. The molecule has 0 amide bonds. The smallest absolute Gasteiger partial charge is 0.0777 e. The number of rotatable bonds is 6. The summed E-state index contributed by atoms with van der Waals surface area (Å²) in [5.41, 5.74) is 0. The first kappa shape index (κ1) is 16.8. The van der Waals surface area contributed by atoms with Gasteiger partial charge in [-0.2, -0.15) is 14.0 Å². The molecule has 0 aliphatic heterocycles. The summed E-state index contributed by atoms with van der Waals surface area (Å²) in [4.78, 5) is 0. The van der Waals surface area contributed by atoms with Crippen LogP contribution in [0.4, 0.5) is 0 Å². The molecular weight excluding hydrogens is 220 g/mol. The molecule has 5 heteroatoms. The van der Waals surface area contributed by atoms with Crippen molar-refractivity contribution < 1.29 is 28.9 Å². The maximum Gasteiger partial charge on any atom is 0.0777 e. The van der Waals surface area contributed by atoms with Gasteiger partial charge in [-0.3, -0.25) is 0 Å². The Morgan fingerprint density at radius 1 is 0.933 bits per heavy atom. The van der Waals surface area contributed by atoms with E-state index in [1.165, 1.54) is 0 Å². The highest BCUT2D eigenvalue weighted by molar-refractivity contribution is 4.83. The molecule has 0 radical (unpaired) electrons. The van der Waals surface area contributed by atoms with Crippen LogP contribution in [-0.2, 0) is 0 Å². The first-order valence-electron chi connectivity index (χ1n) is 4.31. The molecule has 0 aromatic carbocycles. The largest absolute Gasteiger partial charge is 0.183 e. The Morgan fingerprint density at radius 3 is 1.27 bits per heavy atom. The van der Waals surface area contributed by atoms with Gasteiger partial charge in [-0.1, -0.05) is 18.2 Å². The summed E-state index contributed by atoms with van der Waals surface area (Å²) in [7, 11) is -4.69. The fourth-order valence-electron chi connectivity index (χ4n) is 0.996. The monoisotopic (exact) mass is 236 g/mol. The molecule has 0 bridgehead atoms.